The molecule has 0 spiro atoms. The first-order valence-electron chi connectivity index (χ1n) is 7.77. The second-order valence-corrected chi connectivity index (χ2v) is 5.63. The molecule has 3 nitrogen and oxygen atoms in total. The smallest absolute Gasteiger partial charge is 0.512 e. The van der Waals surface area contributed by atoms with Gasteiger partial charge in [-0.05, 0) is 33.2 Å². The average Bonchev–Trinajstić information content (AvgIpc) is 2.61. The molecule has 116 valence electrons. The molecule has 0 aromatic heterocycles. The highest BCUT2D eigenvalue weighted by Gasteiger charge is 2.16. The lowest BCUT2D eigenvalue weighted by Crippen LogP contribution is -2.20. The molecule has 0 saturated heterocycles. The van der Waals surface area contributed by atoms with E-state index in [1.807, 2.05) is 42.5 Å². The molecule has 0 fully saturated rings. The first-order valence-corrected chi connectivity index (χ1v) is 7.77. The van der Waals surface area contributed by atoms with Crippen molar-refractivity contribution in [3.63, 3.8) is 0 Å². The third-order valence-electron chi connectivity index (χ3n) is 4.20. The molecule has 0 bridgehead atoms. The Balaban J connectivity index is 2.00. The molecule has 4 aromatic rings. The maximum Gasteiger partial charge on any atom is 0.707 e. The van der Waals surface area contributed by atoms with Gasteiger partial charge in [-0.3, -0.25) is 0 Å². The standard InChI is InChI=1S/C20H15BO3/c22-21(23)24-20-11-4-3-8-19(20)17-10-5-9-16-15-7-2-1-6-14(15)12-13-18(16)17/h1-13,22-23H. The van der Waals surface area contributed by atoms with Crippen LogP contribution in [0.25, 0.3) is 32.7 Å². The van der Waals surface area contributed by atoms with E-state index < -0.39 is 7.32 Å². The minimum atomic E-state index is -1.85. The molecule has 0 saturated carbocycles. The Morgan fingerprint density at radius 2 is 1.29 bits per heavy atom. The van der Waals surface area contributed by atoms with Crippen molar-refractivity contribution in [2.75, 3.05) is 0 Å². The monoisotopic (exact) mass is 314 g/mol. The summed E-state index contributed by atoms with van der Waals surface area (Å²) in [6.45, 7) is 0. The van der Waals surface area contributed by atoms with Gasteiger partial charge in [0.15, 0.2) is 0 Å². The van der Waals surface area contributed by atoms with Crippen LogP contribution in [0, 0.1) is 0 Å². The summed E-state index contributed by atoms with van der Waals surface area (Å²) in [7, 11) is -1.85. The summed E-state index contributed by atoms with van der Waals surface area (Å²) >= 11 is 0. The van der Waals surface area contributed by atoms with Crippen LogP contribution in [0.4, 0.5) is 0 Å². The van der Waals surface area contributed by atoms with Crippen LogP contribution in [0.2, 0.25) is 0 Å². The zero-order valence-electron chi connectivity index (χ0n) is 12.9. The van der Waals surface area contributed by atoms with Crippen LogP contribution in [0.1, 0.15) is 0 Å². The molecule has 0 atom stereocenters. The predicted molar refractivity (Wildman–Crippen MR) is 97.7 cm³/mol. The highest BCUT2D eigenvalue weighted by atomic mass is 16.6. The summed E-state index contributed by atoms with van der Waals surface area (Å²) < 4.78 is 5.15. The third-order valence-corrected chi connectivity index (χ3v) is 4.20. The van der Waals surface area contributed by atoms with Gasteiger partial charge in [0.1, 0.15) is 5.75 Å². The van der Waals surface area contributed by atoms with Gasteiger partial charge in [0.05, 0.1) is 0 Å². The van der Waals surface area contributed by atoms with Gasteiger partial charge in [-0.15, -0.1) is 0 Å². The van der Waals surface area contributed by atoms with E-state index in [1.54, 1.807) is 6.07 Å². The van der Waals surface area contributed by atoms with E-state index in [4.69, 9.17) is 14.7 Å². The maximum atomic E-state index is 9.17. The molecular formula is C20H15BO3. The molecular weight excluding hydrogens is 299 g/mol. The molecule has 0 heterocycles. The minimum absolute atomic E-state index is 0.438. The second kappa shape index (κ2) is 6.00. The van der Waals surface area contributed by atoms with Crippen molar-refractivity contribution in [3.05, 3.63) is 78.9 Å². The zero-order valence-corrected chi connectivity index (χ0v) is 12.9. The second-order valence-electron chi connectivity index (χ2n) is 5.63. The molecule has 4 rings (SSSR count). The van der Waals surface area contributed by atoms with Gasteiger partial charge in [0.25, 0.3) is 0 Å². The van der Waals surface area contributed by atoms with E-state index in [9.17, 15) is 0 Å². The number of hydrogen-bond acceptors (Lipinski definition) is 3. The first kappa shape index (κ1) is 14.8. The van der Waals surface area contributed by atoms with Crippen LogP contribution in [0.5, 0.6) is 5.75 Å². The lowest BCUT2D eigenvalue weighted by atomic mass is 9.94. The van der Waals surface area contributed by atoms with E-state index in [-0.39, 0.29) is 0 Å². The van der Waals surface area contributed by atoms with Gasteiger partial charge in [-0.25, -0.2) is 0 Å². The van der Waals surface area contributed by atoms with Crippen molar-refractivity contribution >= 4 is 28.9 Å². The van der Waals surface area contributed by atoms with E-state index in [0.717, 1.165) is 21.9 Å². The Labute approximate surface area is 139 Å². The van der Waals surface area contributed by atoms with Crippen molar-refractivity contribution in [1.82, 2.24) is 0 Å². The molecule has 24 heavy (non-hydrogen) atoms. The van der Waals surface area contributed by atoms with E-state index >= 15 is 0 Å². The van der Waals surface area contributed by atoms with Crippen molar-refractivity contribution in [2.24, 2.45) is 0 Å². The minimum Gasteiger partial charge on any atom is -0.512 e. The van der Waals surface area contributed by atoms with Crippen LogP contribution in [-0.2, 0) is 0 Å². The fourth-order valence-corrected chi connectivity index (χ4v) is 3.18. The Kier molecular flexibility index (Phi) is 3.69. The molecule has 0 amide bonds. The van der Waals surface area contributed by atoms with Gasteiger partial charge in [-0.1, -0.05) is 72.8 Å². The summed E-state index contributed by atoms with van der Waals surface area (Å²) in [5.74, 6) is 0.438. The fraction of sp³-hybridized carbons (Fsp3) is 0. The van der Waals surface area contributed by atoms with E-state index in [2.05, 4.69) is 30.3 Å². The van der Waals surface area contributed by atoms with Crippen LogP contribution in [0.15, 0.2) is 78.9 Å². The molecule has 0 aliphatic rings. The van der Waals surface area contributed by atoms with Crippen LogP contribution >= 0.6 is 0 Å². The summed E-state index contributed by atoms with van der Waals surface area (Å²) in [6.07, 6.45) is 0. The summed E-state index contributed by atoms with van der Waals surface area (Å²) in [5, 5.41) is 23.0. The Hall–Kier alpha value is -2.82. The van der Waals surface area contributed by atoms with Crippen LogP contribution in [-0.4, -0.2) is 17.4 Å². The topological polar surface area (TPSA) is 49.7 Å². The summed E-state index contributed by atoms with van der Waals surface area (Å²) in [4.78, 5) is 0. The molecule has 0 aliphatic carbocycles. The van der Waals surface area contributed by atoms with Crippen molar-refractivity contribution in [1.29, 1.82) is 0 Å². The van der Waals surface area contributed by atoms with Crippen molar-refractivity contribution in [2.45, 2.75) is 0 Å². The Morgan fingerprint density at radius 1 is 0.583 bits per heavy atom. The average molecular weight is 314 g/mol. The van der Waals surface area contributed by atoms with Gasteiger partial charge >= 0.3 is 7.32 Å². The van der Waals surface area contributed by atoms with Gasteiger partial charge in [-0.2, -0.15) is 0 Å². The fourth-order valence-electron chi connectivity index (χ4n) is 3.18. The first-order chi connectivity index (χ1) is 11.7. The zero-order chi connectivity index (χ0) is 16.5. The summed E-state index contributed by atoms with van der Waals surface area (Å²) in [5.41, 5.74) is 1.82. The quantitative estimate of drug-likeness (QED) is 0.444. The predicted octanol–water partition coefficient (Wildman–Crippen LogP) is 4.01. The maximum absolute atomic E-state index is 9.17. The number of para-hydroxylation sites is 1. The Morgan fingerprint density at radius 3 is 2.17 bits per heavy atom. The number of fused-ring (bicyclic) bond motifs is 3. The SMILES string of the molecule is OB(O)Oc1ccccc1-c1cccc2c1ccc1ccccc12. The lowest BCUT2D eigenvalue weighted by molar-refractivity contribution is 0.288. The molecule has 0 radical (unpaired) electrons. The highest BCUT2D eigenvalue weighted by Crippen LogP contribution is 2.37. The molecule has 0 aliphatic heterocycles. The normalized spacial score (nSPS) is 10.9. The highest BCUT2D eigenvalue weighted by molar-refractivity contribution is 6.34. The van der Waals surface area contributed by atoms with Gasteiger partial charge in [0.2, 0.25) is 0 Å². The molecule has 0 unspecified atom stereocenters. The molecule has 2 N–H and O–H groups in total. The molecule has 4 heteroatoms. The number of hydrogen-bond donors (Lipinski definition) is 2. The van der Waals surface area contributed by atoms with Crippen LogP contribution < -0.4 is 4.65 Å². The van der Waals surface area contributed by atoms with Crippen molar-refractivity contribution in [3.8, 4) is 16.9 Å². The van der Waals surface area contributed by atoms with Gasteiger partial charge < -0.3 is 14.7 Å². The van der Waals surface area contributed by atoms with Crippen LogP contribution in [0.3, 0.4) is 0 Å². The Bertz CT molecular complexity index is 1030. The number of benzene rings is 4. The summed E-state index contributed by atoms with van der Waals surface area (Å²) in [6, 6.07) is 26.0. The largest absolute Gasteiger partial charge is 0.707 e. The van der Waals surface area contributed by atoms with Crippen molar-refractivity contribution < 1.29 is 14.7 Å². The lowest BCUT2D eigenvalue weighted by Gasteiger charge is -2.14. The van der Waals surface area contributed by atoms with E-state index in [1.165, 1.54) is 10.8 Å². The third kappa shape index (κ3) is 2.52. The van der Waals surface area contributed by atoms with Gasteiger partial charge in [0, 0.05) is 5.56 Å². The molecule has 4 aromatic carbocycles. The van der Waals surface area contributed by atoms with E-state index in [0.29, 0.717) is 5.75 Å². The number of rotatable bonds is 3.